The highest BCUT2D eigenvalue weighted by Gasteiger charge is 2.43. The van der Waals surface area contributed by atoms with Crippen LogP contribution in [0.3, 0.4) is 0 Å². The van der Waals surface area contributed by atoms with Crippen LogP contribution >= 0.6 is 0 Å². The van der Waals surface area contributed by atoms with Crippen LogP contribution in [-0.2, 0) is 13.2 Å². The van der Waals surface area contributed by atoms with Crippen molar-refractivity contribution in [2.24, 2.45) is 18.9 Å². The van der Waals surface area contributed by atoms with E-state index >= 15 is 0 Å². The number of rotatable bonds is 2. The summed E-state index contributed by atoms with van der Waals surface area (Å²) in [6, 6.07) is 0. The fraction of sp³-hybridized carbons (Fsp3) is 0.733. The van der Waals surface area contributed by atoms with Crippen molar-refractivity contribution in [3.05, 3.63) is 17.5 Å². The number of alkyl halides is 3. The molecule has 9 heteroatoms. The minimum absolute atomic E-state index is 0.0689. The molecule has 2 heterocycles. The SMILES string of the molecule is Cc1nc([C@H]2CC[C@@H]3CCC[C@@H]32)n(-c2nc(C(F)(F)F)nn2C)n1. The maximum Gasteiger partial charge on any atom is 0.453 e. The molecule has 0 aromatic carbocycles. The zero-order valence-corrected chi connectivity index (χ0v) is 13.6. The Bertz CT molecular complexity index is 762. The van der Waals surface area contributed by atoms with E-state index in [1.165, 1.54) is 24.6 Å². The number of nitrogens with zero attached hydrogens (tertiary/aromatic N) is 6. The normalized spacial score (nSPS) is 27.0. The highest BCUT2D eigenvalue weighted by Crippen LogP contribution is 2.51. The van der Waals surface area contributed by atoms with Crippen molar-refractivity contribution >= 4 is 0 Å². The summed E-state index contributed by atoms with van der Waals surface area (Å²) in [6.07, 6.45) is 1.23. The van der Waals surface area contributed by atoms with Crippen LogP contribution in [0.5, 0.6) is 0 Å². The van der Waals surface area contributed by atoms with Crippen molar-refractivity contribution in [2.45, 2.75) is 51.1 Å². The third-order valence-corrected chi connectivity index (χ3v) is 5.34. The van der Waals surface area contributed by atoms with Gasteiger partial charge < -0.3 is 0 Å². The monoisotopic (exact) mass is 340 g/mol. The summed E-state index contributed by atoms with van der Waals surface area (Å²) in [6.45, 7) is 1.75. The van der Waals surface area contributed by atoms with Crippen LogP contribution in [0.2, 0.25) is 0 Å². The molecule has 0 saturated heterocycles. The second kappa shape index (κ2) is 5.29. The number of aryl methyl sites for hydroxylation is 2. The molecule has 2 aliphatic rings. The molecular formula is C15H19F3N6. The van der Waals surface area contributed by atoms with Crippen LogP contribution in [0.25, 0.3) is 5.95 Å². The summed E-state index contributed by atoms with van der Waals surface area (Å²) >= 11 is 0. The summed E-state index contributed by atoms with van der Waals surface area (Å²) in [4.78, 5) is 8.20. The largest absolute Gasteiger partial charge is 0.453 e. The third-order valence-electron chi connectivity index (χ3n) is 5.34. The second-order valence-corrected chi connectivity index (χ2v) is 6.82. The van der Waals surface area contributed by atoms with Crippen molar-refractivity contribution in [1.82, 2.24) is 29.5 Å². The number of hydrogen-bond acceptors (Lipinski definition) is 4. The molecule has 0 spiro atoms. The average molecular weight is 340 g/mol. The van der Waals surface area contributed by atoms with Gasteiger partial charge in [-0.3, -0.25) is 0 Å². The molecule has 6 nitrogen and oxygen atoms in total. The van der Waals surface area contributed by atoms with Crippen LogP contribution in [0.15, 0.2) is 0 Å². The van der Waals surface area contributed by atoms with Gasteiger partial charge in [-0.2, -0.15) is 22.8 Å². The van der Waals surface area contributed by atoms with E-state index in [-0.39, 0.29) is 11.9 Å². The lowest BCUT2D eigenvalue weighted by Crippen LogP contribution is -2.16. The van der Waals surface area contributed by atoms with Crippen molar-refractivity contribution in [3.8, 4) is 5.95 Å². The molecular weight excluding hydrogens is 321 g/mol. The second-order valence-electron chi connectivity index (χ2n) is 6.82. The highest BCUT2D eigenvalue weighted by molar-refractivity contribution is 5.19. The third kappa shape index (κ3) is 2.41. The molecule has 0 radical (unpaired) electrons. The van der Waals surface area contributed by atoms with E-state index in [9.17, 15) is 13.2 Å². The van der Waals surface area contributed by atoms with E-state index in [0.717, 1.165) is 29.8 Å². The van der Waals surface area contributed by atoms with Gasteiger partial charge in [0.05, 0.1) is 0 Å². The number of fused-ring (bicyclic) bond motifs is 1. The molecule has 2 aliphatic carbocycles. The summed E-state index contributed by atoms with van der Waals surface area (Å²) in [7, 11) is 1.45. The van der Waals surface area contributed by atoms with Crippen molar-refractivity contribution < 1.29 is 13.2 Å². The summed E-state index contributed by atoms with van der Waals surface area (Å²) in [5, 5.41) is 7.80. The number of aromatic nitrogens is 6. The maximum absolute atomic E-state index is 12.9. The van der Waals surface area contributed by atoms with Gasteiger partial charge in [0.25, 0.3) is 11.8 Å². The molecule has 0 unspecified atom stereocenters. The first-order valence-corrected chi connectivity index (χ1v) is 8.26. The van der Waals surface area contributed by atoms with E-state index in [4.69, 9.17) is 0 Å². The Morgan fingerprint density at radius 3 is 2.54 bits per heavy atom. The lowest BCUT2D eigenvalue weighted by Gasteiger charge is -2.17. The van der Waals surface area contributed by atoms with Crippen LogP contribution in [0.1, 0.15) is 55.5 Å². The molecule has 0 bridgehead atoms. The Kier molecular flexibility index (Phi) is 3.43. The van der Waals surface area contributed by atoms with Gasteiger partial charge in [0.15, 0.2) is 0 Å². The summed E-state index contributed by atoms with van der Waals surface area (Å²) < 4.78 is 41.3. The zero-order chi connectivity index (χ0) is 17.1. The Morgan fingerprint density at radius 1 is 1.04 bits per heavy atom. The first-order valence-electron chi connectivity index (χ1n) is 8.26. The quantitative estimate of drug-likeness (QED) is 0.843. The Labute approximate surface area is 137 Å². The van der Waals surface area contributed by atoms with Crippen LogP contribution in [-0.4, -0.2) is 29.5 Å². The van der Waals surface area contributed by atoms with Gasteiger partial charge >= 0.3 is 6.18 Å². The Balaban J connectivity index is 1.76. The lowest BCUT2D eigenvalue weighted by atomic mass is 9.91. The molecule has 2 saturated carbocycles. The van der Waals surface area contributed by atoms with Crippen LogP contribution < -0.4 is 0 Å². The van der Waals surface area contributed by atoms with Gasteiger partial charge in [0.1, 0.15) is 11.6 Å². The summed E-state index contributed by atoms with van der Waals surface area (Å²) in [5.74, 6) is 1.70. The summed E-state index contributed by atoms with van der Waals surface area (Å²) in [5.41, 5.74) is 0. The van der Waals surface area contributed by atoms with Crippen molar-refractivity contribution in [2.75, 3.05) is 0 Å². The standard InChI is InChI=1S/C15H19F3N6/c1-8-19-12(11-7-6-9-4-3-5-10(9)11)24(21-8)14-20-13(15(16,17)18)22-23(14)2/h9-11H,3-7H2,1-2H3/t9-,10-,11-/m0/s1. The minimum Gasteiger partial charge on any atom is -0.233 e. The highest BCUT2D eigenvalue weighted by atomic mass is 19.4. The molecule has 3 atom stereocenters. The van der Waals surface area contributed by atoms with Crippen LogP contribution in [0.4, 0.5) is 13.2 Å². The maximum atomic E-state index is 12.9. The van der Waals surface area contributed by atoms with Gasteiger partial charge in [-0.15, -0.1) is 10.2 Å². The van der Waals surface area contributed by atoms with Gasteiger partial charge in [-0.05, 0) is 38.0 Å². The molecule has 2 fully saturated rings. The van der Waals surface area contributed by atoms with Gasteiger partial charge in [-0.1, -0.05) is 12.8 Å². The predicted octanol–water partition coefficient (Wildman–Crippen LogP) is 3.02. The van der Waals surface area contributed by atoms with E-state index in [1.54, 1.807) is 6.92 Å². The van der Waals surface area contributed by atoms with E-state index in [2.05, 4.69) is 20.2 Å². The topological polar surface area (TPSA) is 61.4 Å². The Hall–Kier alpha value is -1.93. The fourth-order valence-electron chi connectivity index (χ4n) is 4.38. The van der Waals surface area contributed by atoms with Gasteiger partial charge in [0.2, 0.25) is 0 Å². The zero-order valence-electron chi connectivity index (χ0n) is 13.6. The number of halogens is 3. The van der Waals surface area contributed by atoms with Crippen molar-refractivity contribution in [1.29, 1.82) is 0 Å². The molecule has 24 heavy (non-hydrogen) atoms. The van der Waals surface area contributed by atoms with E-state index < -0.39 is 12.0 Å². The van der Waals surface area contributed by atoms with Crippen LogP contribution in [0, 0.1) is 18.8 Å². The first kappa shape index (κ1) is 15.6. The first-order chi connectivity index (χ1) is 11.3. The van der Waals surface area contributed by atoms with E-state index in [0.29, 0.717) is 17.7 Å². The molecule has 0 aliphatic heterocycles. The van der Waals surface area contributed by atoms with Crippen molar-refractivity contribution in [3.63, 3.8) is 0 Å². The molecule has 2 aromatic heterocycles. The Morgan fingerprint density at radius 2 is 1.83 bits per heavy atom. The molecule has 0 N–H and O–H groups in total. The molecule has 0 amide bonds. The lowest BCUT2D eigenvalue weighted by molar-refractivity contribution is -0.144. The van der Waals surface area contributed by atoms with Gasteiger partial charge in [0, 0.05) is 13.0 Å². The van der Waals surface area contributed by atoms with E-state index in [1.807, 2.05) is 0 Å². The number of hydrogen-bond donors (Lipinski definition) is 0. The minimum atomic E-state index is -4.57. The smallest absolute Gasteiger partial charge is 0.233 e. The fourth-order valence-corrected chi connectivity index (χ4v) is 4.38. The average Bonchev–Trinajstić information content (AvgIpc) is 3.19. The molecule has 4 rings (SSSR count). The molecule has 130 valence electrons. The van der Waals surface area contributed by atoms with Gasteiger partial charge in [-0.25, -0.2) is 9.67 Å². The molecule has 2 aromatic rings. The predicted molar refractivity (Wildman–Crippen MR) is 78.5 cm³/mol.